The number of rotatable bonds is 7. The Morgan fingerprint density at radius 2 is 1.57 bits per heavy atom. The average Bonchev–Trinajstić information content (AvgIpc) is 2.52. The molecule has 1 rings (SSSR count). The van der Waals surface area contributed by atoms with Crippen molar-refractivity contribution in [3.8, 4) is 0 Å². The third-order valence-corrected chi connectivity index (χ3v) is 3.29. The van der Waals surface area contributed by atoms with Gasteiger partial charge in [-0.1, -0.05) is 13.8 Å². The van der Waals surface area contributed by atoms with E-state index < -0.39 is 11.8 Å². The van der Waals surface area contributed by atoms with Gasteiger partial charge in [0.2, 0.25) is 0 Å². The van der Waals surface area contributed by atoms with Crippen LogP contribution in [0.25, 0.3) is 0 Å². The van der Waals surface area contributed by atoms with Gasteiger partial charge >= 0.3 is 11.8 Å². The number of likely N-dealkylation sites (N-methyl/N-ethyl adjacent to an activating group) is 1. The maximum atomic E-state index is 12.2. The molecule has 0 N–H and O–H groups in total. The first kappa shape index (κ1) is 17.1. The molecule has 0 unspecified atom stereocenters. The standard InChI is InChI=1S/C16H25N3O2/c1-4-11-19(12-5-2)16(21)15(20)18(3)13-8-14-6-9-17-10-7-14/h6-7,9-10H,4-5,8,11-13H2,1-3H3. The lowest BCUT2D eigenvalue weighted by atomic mass is 10.2. The fourth-order valence-corrected chi connectivity index (χ4v) is 2.10. The summed E-state index contributed by atoms with van der Waals surface area (Å²) in [7, 11) is 1.68. The molecule has 0 aromatic carbocycles. The van der Waals surface area contributed by atoms with Gasteiger partial charge in [-0.05, 0) is 37.0 Å². The summed E-state index contributed by atoms with van der Waals surface area (Å²) in [6.45, 7) is 5.81. The van der Waals surface area contributed by atoms with E-state index in [1.165, 1.54) is 4.90 Å². The quantitative estimate of drug-likeness (QED) is 0.719. The molecule has 0 aliphatic carbocycles. The lowest BCUT2D eigenvalue weighted by Gasteiger charge is -2.24. The largest absolute Gasteiger partial charge is 0.337 e. The molecular weight excluding hydrogens is 266 g/mol. The van der Waals surface area contributed by atoms with Crippen molar-refractivity contribution in [2.45, 2.75) is 33.1 Å². The van der Waals surface area contributed by atoms with E-state index in [9.17, 15) is 9.59 Å². The third-order valence-electron chi connectivity index (χ3n) is 3.29. The van der Waals surface area contributed by atoms with Crippen molar-refractivity contribution in [1.82, 2.24) is 14.8 Å². The van der Waals surface area contributed by atoms with E-state index >= 15 is 0 Å². The number of aromatic nitrogens is 1. The molecule has 0 atom stereocenters. The van der Waals surface area contributed by atoms with Gasteiger partial charge < -0.3 is 9.80 Å². The van der Waals surface area contributed by atoms with Crippen molar-refractivity contribution in [3.63, 3.8) is 0 Å². The van der Waals surface area contributed by atoms with Crippen LogP contribution in [0.4, 0.5) is 0 Å². The molecule has 0 radical (unpaired) electrons. The van der Waals surface area contributed by atoms with E-state index in [0.29, 0.717) is 19.6 Å². The summed E-state index contributed by atoms with van der Waals surface area (Å²) < 4.78 is 0. The van der Waals surface area contributed by atoms with Gasteiger partial charge in [0, 0.05) is 39.1 Å². The number of carbonyl (C=O) groups excluding carboxylic acids is 2. The zero-order valence-corrected chi connectivity index (χ0v) is 13.2. The second-order valence-electron chi connectivity index (χ2n) is 5.12. The van der Waals surface area contributed by atoms with Crippen molar-refractivity contribution < 1.29 is 9.59 Å². The molecule has 0 saturated carbocycles. The molecule has 0 aliphatic heterocycles. The molecule has 21 heavy (non-hydrogen) atoms. The van der Waals surface area contributed by atoms with Crippen LogP contribution in [0.2, 0.25) is 0 Å². The fraction of sp³-hybridized carbons (Fsp3) is 0.562. The summed E-state index contributed by atoms with van der Waals surface area (Å²) in [5.41, 5.74) is 1.11. The van der Waals surface area contributed by atoms with E-state index in [1.54, 1.807) is 24.3 Å². The fourth-order valence-electron chi connectivity index (χ4n) is 2.10. The summed E-state index contributed by atoms with van der Waals surface area (Å²) in [6, 6.07) is 3.83. The molecule has 0 bridgehead atoms. The van der Waals surface area contributed by atoms with Crippen LogP contribution in [0.5, 0.6) is 0 Å². The van der Waals surface area contributed by atoms with E-state index in [-0.39, 0.29) is 0 Å². The smallest absolute Gasteiger partial charge is 0.312 e. The molecule has 1 aromatic heterocycles. The lowest BCUT2D eigenvalue weighted by molar-refractivity contribution is -0.151. The minimum atomic E-state index is -0.425. The molecule has 0 fully saturated rings. The van der Waals surface area contributed by atoms with Crippen LogP contribution in [0.3, 0.4) is 0 Å². The van der Waals surface area contributed by atoms with Crippen LogP contribution in [-0.2, 0) is 16.0 Å². The van der Waals surface area contributed by atoms with E-state index in [1.807, 2.05) is 26.0 Å². The Morgan fingerprint density at radius 1 is 1.00 bits per heavy atom. The van der Waals surface area contributed by atoms with Gasteiger partial charge in [0.15, 0.2) is 0 Å². The summed E-state index contributed by atoms with van der Waals surface area (Å²) in [6.07, 6.45) is 5.90. The molecule has 5 nitrogen and oxygen atoms in total. The average molecular weight is 291 g/mol. The maximum absolute atomic E-state index is 12.2. The van der Waals surface area contributed by atoms with Crippen LogP contribution < -0.4 is 0 Å². The number of amides is 2. The number of carbonyl (C=O) groups is 2. The molecule has 2 amide bonds. The molecule has 0 aliphatic rings. The number of nitrogens with zero attached hydrogens (tertiary/aromatic N) is 3. The Balaban J connectivity index is 2.53. The van der Waals surface area contributed by atoms with E-state index in [2.05, 4.69) is 4.98 Å². The molecular formula is C16H25N3O2. The number of hydrogen-bond acceptors (Lipinski definition) is 3. The van der Waals surface area contributed by atoms with Gasteiger partial charge in [-0.15, -0.1) is 0 Å². The van der Waals surface area contributed by atoms with Gasteiger partial charge in [-0.25, -0.2) is 0 Å². The molecule has 1 aromatic rings. The predicted octanol–water partition coefficient (Wildman–Crippen LogP) is 1.73. The van der Waals surface area contributed by atoms with Crippen molar-refractivity contribution in [2.24, 2.45) is 0 Å². The second-order valence-corrected chi connectivity index (χ2v) is 5.12. The Labute approximate surface area is 127 Å². The molecule has 1 heterocycles. The van der Waals surface area contributed by atoms with E-state index in [4.69, 9.17) is 0 Å². The van der Waals surface area contributed by atoms with Gasteiger partial charge in [-0.2, -0.15) is 0 Å². The maximum Gasteiger partial charge on any atom is 0.312 e. The minimum absolute atomic E-state index is 0.393. The van der Waals surface area contributed by atoms with Crippen molar-refractivity contribution in [1.29, 1.82) is 0 Å². The van der Waals surface area contributed by atoms with Crippen LogP contribution in [-0.4, -0.2) is 53.3 Å². The Hall–Kier alpha value is -1.91. The normalized spacial score (nSPS) is 10.2. The van der Waals surface area contributed by atoms with Gasteiger partial charge in [-0.3, -0.25) is 14.6 Å². The molecule has 116 valence electrons. The first-order chi connectivity index (χ1) is 10.1. The van der Waals surface area contributed by atoms with Gasteiger partial charge in [0.25, 0.3) is 0 Å². The minimum Gasteiger partial charge on any atom is -0.337 e. The van der Waals surface area contributed by atoms with Crippen molar-refractivity contribution >= 4 is 11.8 Å². The van der Waals surface area contributed by atoms with Crippen LogP contribution in [0, 0.1) is 0 Å². The highest BCUT2D eigenvalue weighted by Gasteiger charge is 2.23. The van der Waals surface area contributed by atoms with Gasteiger partial charge in [0.1, 0.15) is 0 Å². The van der Waals surface area contributed by atoms with Crippen LogP contribution in [0.1, 0.15) is 32.3 Å². The highest BCUT2D eigenvalue weighted by Crippen LogP contribution is 2.02. The molecule has 0 saturated heterocycles. The van der Waals surface area contributed by atoms with Crippen LogP contribution >= 0.6 is 0 Å². The molecule has 0 spiro atoms. The molecule has 5 heteroatoms. The summed E-state index contributed by atoms with van der Waals surface area (Å²) >= 11 is 0. The summed E-state index contributed by atoms with van der Waals surface area (Å²) in [5, 5.41) is 0. The van der Waals surface area contributed by atoms with E-state index in [0.717, 1.165) is 24.8 Å². The first-order valence-electron chi connectivity index (χ1n) is 7.53. The number of pyridine rings is 1. The SMILES string of the molecule is CCCN(CCC)C(=O)C(=O)N(C)CCc1ccncc1. The highest BCUT2D eigenvalue weighted by molar-refractivity contribution is 6.34. The zero-order valence-electron chi connectivity index (χ0n) is 13.2. The first-order valence-corrected chi connectivity index (χ1v) is 7.53. The third kappa shape index (κ3) is 5.53. The zero-order chi connectivity index (χ0) is 15.7. The lowest BCUT2D eigenvalue weighted by Crippen LogP contribution is -2.45. The highest BCUT2D eigenvalue weighted by atomic mass is 16.2. The predicted molar refractivity (Wildman–Crippen MR) is 82.7 cm³/mol. The van der Waals surface area contributed by atoms with Crippen LogP contribution in [0.15, 0.2) is 24.5 Å². The van der Waals surface area contributed by atoms with Crippen molar-refractivity contribution in [3.05, 3.63) is 30.1 Å². The monoisotopic (exact) mass is 291 g/mol. The number of hydrogen-bond donors (Lipinski definition) is 0. The Morgan fingerprint density at radius 3 is 2.10 bits per heavy atom. The van der Waals surface area contributed by atoms with Gasteiger partial charge in [0.05, 0.1) is 0 Å². The topological polar surface area (TPSA) is 53.5 Å². The summed E-state index contributed by atoms with van der Waals surface area (Å²) in [4.78, 5) is 31.5. The Bertz CT molecular complexity index is 442. The second kappa shape index (κ2) is 9.10. The Kier molecular flexibility index (Phi) is 7.43. The van der Waals surface area contributed by atoms with Crippen molar-refractivity contribution in [2.75, 3.05) is 26.7 Å². The summed E-state index contributed by atoms with van der Waals surface area (Å²) in [5.74, 6) is -0.818.